The highest BCUT2D eigenvalue weighted by Gasteiger charge is 2.08. The first-order valence-electron chi connectivity index (χ1n) is 8.17. The Morgan fingerprint density at radius 3 is 2.52 bits per heavy atom. The zero-order chi connectivity index (χ0) is 17.2. The minimum atomic E-state index is -0.204. The molecule has 0 fully saturated rings. The van der Waals surface area contributed by atoms with Crippen molar-refractivity contribution in [3.05, 3.63) is 90.5 Å². The van der Waals surface area contributed by atoms with E-state index in [2.05, 4.69) is 9.97 Å². The highest BCUT2D eigenvalue weighted by Crippen LogP contribution is 2.30. The van der Waals surface area contributed by atoms with E-state index in [9.17, 15) is 4.39 Å². The average molecular weight is 328 g/mol. The molecule has 4 rings (SSSR count). The van der Waals surface area contributed by atoms with E-state index in [1.807, 2.05) is 67.7 Å². The van der Waals surface area contributed by atoms with E-state index < -0.39 is 0 Å². The summed E-state index contributed by atoms with van der Waals surface area (Å²) in [6, 6.07) is 21.1. The smallest absolute Gasteiger partial charge is 0.131 e. The first-order valence-corrected chi connectivity index (χ1v) is 8.17. The second-order valence-corrected chi connectivity index (χ2v) is 6.08. The summed E-state index contributed by atoms with van der Waals surface area (Å²) >= 11 is 0. The van der Waals surface area contributed by atoms with Gasteiger partial charge in [-0.1, -0.05) is 29.8 Å². The number of benzene rings is 2. The van der Waals surface area contributed by atoms with Gasteiger partial charge in [0, 0.05) is 18.0 Å². The van der Waals surface area contributed by atoms with Crippen LogP contribution in [0.5, 0.6) is 0 Å². The first-order chi connectivity index (χ1) is 12.2. The average Bonchev–Trinajstić information content (AvgIpc) is 3.19. The van der Waals surface area contributed by atoms with Gasteiger partial charge in [0.05, 0.1) is 11.4 Å². The molecule has 0 unspecified atom stereocenters. The number of aromatic amines is 1. The molecule has 0 amide bonds. The molecule has 0 bridgehead atoms. The minimum absolute atomic E-state index is 0.204. The SMILES string of the molecule is Cc1ccc(F)c(-c2cccc(-c3ccnc(-c4ccc[nH]4)c3)c2)c1. The summed E-state index contributed by atoms with van der Waals surface area (Å²) in [5.41, 5.74) is 6.48. The van der Waals surface area contributed by atoms with Crippen LogP contribution in [-0.2, 0) is 0 Å². The Balaban J connectivity index is 1.78. The van der Waals surface area contributed by atoms with Crippen LogP contribution >= 0.6 is 0 Å². The van der Waals surface area contributed by atoms with E-state index in [0.717, 1.165) is 33.6 Å². The number of H-pyrrole nitrogens is 1. The Kier molecular flexibility index (Phi) is 3.90. The molecule has 3 heteroatoms. The molecule has 2 aromatic carbocycles. The van der Waals surface area contributed by atoms with Gasteiger partial charge in [0.2, 0.25) is 0 Å². The largest absolute Gasteiger partial charge is 0.360 e. The fourth-order valence-corrected chi connectivity index (χ4v) is 2.97. The second kappa shape index (κ2) is 6.36. The number of nitrogens with one attached hydrogen (secondary N) is 1. The number of hydrogen-bond acceptors (Lipinski definition) is 1. The van der Waals surface area contributed by atoms with Gasteiger partial charge in [-0.2, -0.15) is 0 Å². The molecule has 4 aromatic rings. The Bertz CT molecular complexity index is 1020. The zero-order valence-electron chi connectivity index (χ0n) is 13.8. The lowest BCUT2D eigenvalue weighted by atomic mass is 9.98. The topological polar surface area (TPSA) is 28.7 Å². The van der Waals surface area contributed by atoms with E-state index in [1.54, 1.807) is 12.3 Å². The molecule has 0 radical (unpaired) electrons. The van der Waals surface area contributed by atoms with Crippen LogP contribution in [0, 0.1) is 12.7 Å². The number of pyridine rings is 1. The Morgan fingerprint density at radius 2 is 1.68 bits per heavy atom. The van der Waals surface area contributed by atoms with Gasteiger partial charge in [-0.05, 0) is 66.1 Å². The lowest BCUT2D eigenvalue weighted by molar-refractivity contribution is 0.631. The summed E-state index contributed by atoms with van der Waals surface area (Å²) in [7, 11) is 0. The Hall–Kier alpha value is -3.20. The van der Waals surface area contributed by atoms with Crippen molar-refractivity contribution in [2.45, 2.75) is 6.92 Å². The lowest BCUT2D eigenvalue weighted by Crippen LogP contribution is -1.88. The summed E-state index contributed by atoms with van der Waals surface area (Å²) in [5, 5.41) is 0. The molecule has 0 aliphatic carbocycles. The first kappa shape index (κ1) is 15.3. The van der Waals surface area contributed by atoms with Gasteiger partial charge in [0.1, 0.15) is 5.82 Å². The van der Waals surface area contributed by atoms with Crippen LogP contribution in [-0.4, -0.2) is 9.97 Å². The standard InChI is InChI=1S/C22H17FN2/c1-15-7-8-20(23)19(12-15)18-5-2-4-16(13-18)17-9-11-25-22(14-17)21-6-3-10-24-21/h2-14,24H,1H3. The molecule has 0 aliphatic rings. The van der Waals surface area contributed by atoms with Crippen molar-refractivity contribution in [1.82, 2.24) is 9.97 Å². The monoisotopic (exact) mass is 328 g/mol. The van der Waals surface area contributed by atoms with Crippen LogP contribution < -0.4 is 0 Å². The third-order valence-corrected chi connectivity index (χ3v) is 4.26. The number of aromatic nitrogens is 2. The van der Waals surface area contributed by atoms with Gasteiger partial charge in [-0.15, -0.1) is 0 Å². The maximum Gasteiger partial charge on any atom is 0.131 e. The minimum Gasteiger partial charge on any atom is -0.360 e. The highest BCUT2D eigenvalue weighted by atomic mass is 19.1. The molecule has 2 nitrogen and oxygen atoms in total. The number of nitrogens with zero attached hydrogens (tertiary/aromatic N) is 1. The molecule has 122 valence electrons. The van der Waals surface area contributed by atoms with E-state index >= 15 is 0 Å². The molecule has 2 aromatic heterocycles. The second-order valence-electron chi connectivity index (χ2n) is 6.08. The van der Waals surface area contributed by atoms with E-state index in [4.69, 9.17) is 0 Å². The Labute approximate surface area is 146 Å². The summed E-state index contributed by atoms with van der Waals surface area (Å²) in [5.74, 6) is -0.204. The van der Waals surface area contributed by atoms with Gasteiger partial charge in [0.25, 0.3) is 0 Å². The van der Waals surface area contributed by atoms with Crippen LogP contribution in [0.2, 0.25) is 0 Å². The predicted molar refractivity (Wildman–Crippen MR) is 99.6 cm³/mol. The normalized spacial score (nSPS) is 10.8. The van der Waals surface area contributed by atoms with Gasteiger partial charge < -0.3 is 4.98 Å². The molecule has 0 atom stereocenters. The molecule has 2 heterocycles. The van der Waals surface area contributed by atoms with Crippen molar-refractivity contribution in [3.63, 3.8) is 0 Å². The third-order valence-electron chi connectivity index (χ3n) is 4.26. The van der Waals surface area contributed by atoms with Gasteiger partial charge in [-0.25, -0.2) is 4.39 Å². The number of halogens is 1. The Morgan fingerprint density at radius 1 is 0.840 bits per heavy atom. The van der Waals surface area contributed by atoms with E-state index in [1.165, 1.54) is 6.07 Å². The molecule has 0 aliphatic heterocycles. The van der Waals surface area contributed by atoms with Crippen LogP contribution in [0.4, 0.5) is 4.39 Å². The van der Waals surface area contributed by atoms with Gasteiger partial charge >= 0.3 is 0 Å². The molecule has 1 N–H and O–H groups in total. The number of aryl methyl sites for hydroxylation is 1. The van der Waals surface area contributed by atoms with Crippen molar-refractivity contribution >= 4 is 0 Å². The van der Waals surface area contributed by atoms with Crippen LogP contribution in [0.25, 0.3) is 33.6 Å². The van der Waals surface area contributed by atoms with Crippen molar-refractivity contribution in [2.75, 3.05) is 0 Å². The zero-order valence-corrected chi connectivity index (χ0v) is 13.8. The predicted octanol–water partition coefficient (Wildman–Crippen LogP) is 5.86. The van der Waals surface area contributed by atoms with Crippen molar-refractivity contribution < 1.29 is 4.39 Å². The van der Waals surface area contributed by atoms with E-state index in [-0.39, 0.29) is 5.82 Å². The summed E-state index contributed by atoms with van der Waals surface area (Å²) in [6.45, 7) is 1.97. The van der Waals surface area contributed by atoms with Gasteiger partial charge in [-0.3, -0.25) is 4.98 Å². The highest BCUT2D eigenvalue weighted by molar-refractivity contribution is 5.75. The number of hydrogen-bond donors (Lipinski definition) is 1. The van der Waals surface area contributed by atoms with Crippen molar-refractivity contribution in [1.29, 1.82) is 0 Å². The quantitative estimate of drug-likeness (QED) is 0.501. The van der Waals surface area contributed by atoms with Crippen molar-refractivity contribution in [2.24, 2.45) is 0 Å². The van der Waals surface area contributed by atoms with Crippen LogP contribution in [0.15, 0.2) is 79.1 Å². The number of rotatable bonds is 3. The van der Waals surface area contributed by atoms with Gasteiger partial charge in [0.15, 0.2) is 0 Å². The molecular formula is C22H17FN2. The summed E-state index contributed by atoms with van der Waals surface area (Å²) in [4.78, 5) is 7.59. The molecule has 0 saturated heterocycles. The van der Waals surface area contributed by atoms with Crippen LogP contribution in [0.1, 0.15) is 5.56 Å². The fourth-order valence-electron chi connectivity index (χ4n) is 2.97. The maximum absolute atomic E-state index is 14.2. The van der Waals surface area contributed by atoms with E-state index in [0.29, 0.717) is 5.56 Å². The maximum atomic E-state index is 14.2. The molecular weight excluding hydrogens is 311 g/mol. The lowest BCUT2D eigenvalue weighted by Gasteiger charge is -2.09. The van der Waals surface area contributed by atoms with Crippen molar-refractivity contribution in [3.8, 4) is 33.6 Å². The van der Waals surface area contributed by atoms with Crippen LogP contribution in [0.3, 0.4) is 0 Å². The molecule has 0 spiro atoms. The summed E-state index contributed by atoms with van der Waals surface area (Å²) < 4.78 is 14.2. The molecule has 25 heavy (non-hydrogen) atoms. The fraction of sp³-hybridized carbons (Fsp3) is 0.0455. The third kappa shape index (κ3) is 3.09. The molecule has 0 saturated carbocycles. The summed E-state index contributed by atoms with van der Waals surface area (Å²) in [6.07, 6.45) is 3.68.